The van der Waals surface area contributed by atoms with Crippen molar-refractivity contribution in [1.29, 1.82) is 0 Å². The van der Waals surface area contributed by atoms with Crippen LogP contribution in [0.4, 0.5) is 0 Å². The molecule has 4 bridgehead atoms. The van der Waals surface area contributed by atoms with Gasteiger partial charge >= 0.3 is 0 Å². The predicted molar refractivity (Wildman–Crippen MR) is 109 cm³/mol. The summed E-state index contributed by atoms with van der Waals surface area (Å²) >= 11 is 0. The Hall–Kier alpha value is -2.73. The summed E-state index contributed by atoms with van der Waals surface area (Å²) in [6.45, 7) is 0. The van der Waals surface area contributed by atoms with Gasteiger partial charge in [-0.25, -0.2) is 0 Å². The van der Waals surface area contributed by atoms with Gasteiger partial charge in [0.05, 0.1) is 0 Å². The lowest BCUT2D eigenvalue weighted by Gasteiger charge is -2.57. The smallest absolute Gasteiger partial charge is 0.293 e. The summed E-state index contributed by atoms with van der Waals surface area (Å²) in [6.07, 6.45) is 7.89. The third-order valence-corrected chi connectivity index (χ3v) is 7.15. The molecule has 1 amide bonds. The van der Waals surface area contributed by atoms with Crippen LogP contribution in [0, 0.1) is 29.6 Å². The average Bonchev–Trinajstić information content (AvgIpc) is 2.66. The molecule has 2 aromatic rings. The molecule has 0 aromatic heterocycles. The highest BCUT2D eigenvalue weighted by atomic mass is 16.3. The van der Waals surface area contributed by atoms with Crippen LogP contribution in [-0.4, -0.2) is 11.0 Å². The topological polar surface area (TPSA) is 63.3 Å². The Kier molecular flexibility index (Phi) is 3.98. The molecular weight excluding hydrogens is 346 g/mol. The largest absolute Gasteiger partial charge is 0.508 e. The quantitative estimate of drug-likeness (QED) is 0.770. The Morgan fingerprint density at radius 2 is 1.50 bits per heavy atom. The number of hydrogen-bond donors (Lipinski definition) is 2. The lowest BCUT2D eigenvalue weighted by molar-refractivity contribution is -0.112. The molecule has 0 unspecified atom stereocenters. The van der Waals surface area contributed by atoms with E-state index in [1.165, 1.54) is 38.5 Å². The molecular formula is C25H25NO2. The van der Waals surface area contributed by atoms with Crippen LogP contribution in [-0.2, 0) is 10.2 Å². The van der Waals surface area contributed by atoms with Gasteiger partial charge in [0.25, 0.3) is 5.91 Å². The van der Waals surface area contributed by atoms with Gasteiger partial charge in [-0.1, -0.05) is 24.1 Å². The molecule has 4 fully saturated rings. The molecule has 0 spiro atoms. The Labute approximate surface area is 166 Å². The first kappa shape index (κ1) is 17.4. The van der Waals surface area contributed by atoms with Gasteiger partial charge in [0.15, 0.2) is 0 Å². The lowest BCUT2D eigenvalue weighted by atomic mass is 9.48. The molecule has 4 aliphatic rings. The Morgan fingerprint density at radius 3 is 2.07 bits per heavy atom. The summed E-state index contributed by atoms with van der Waals surface area (Å²) in [5.74, 6) is 7.50. The molecule has 3 nitrogen and oxygen atoms in total. The van der Waals surface area contributed by atoms with Crippen LogP contribution >= 0.6 is 0 Å². The van der Waals surface area contributed by atoms with Crippen molar-refractivity contribution in [3.63, 3.8) is 0 Å². The molecule has 0 aliphatic heterocycles. The van der Waals surface area contributed by atoms with Crippen LogP contribution in [0.3, 0.4) is 0 Å². The molecule has 0 radical (unpaired) electrons. The molecule has 6 rings (SSSR count). The van der Waals surface area contributed by atoms with E-state index in [1.54, 1.807) is 0 Å². The fraction of sp³-hybridized carbons (Fsp3) is 0.400. The minimum absolute atomic E-state index is 0.168. The van der Waals surface area contributed by atoms with Crippen molar-refractivity contribution in [2.45, 2.75) is 43.9 Å². The summed E-state index contributed by atoms with van der Waals surface area (Å²) in [5.41, 5.74) is 9.38. The minimum atomic E-state index is -0.622. The number of benzene rings is 2. The third-order valence-electron chi connectivity index (χ3n) is 7.15. The summed E-state index contributed by atoms with van der Waals surface area (Å²) in [7, 11) is 0. The Bertz CT molecular complexity index is 958. The monoisotopic (exact) mass is 371 g/mol. The summed E-state index contributed by atoms with van der Waals surface area (Å²) in [4.78, 5) is 10.8. The number of primary amides is 1. The number of aromatic hydroxyl groups is 1. The number of rotatable bonds is 2. The van der Waals surface area contributed by atoms with E-state index in [2.05, 4.69) is 17.9 Å². The summed E-state index contributed by atoms with van der Waals surface area (Å²) in [5, 5.41) is 10.7. The molecule has 28 heavy (non-hydrogen) atoms. The second-order valence-corrected chi connectivity index (χ2v) is 9.12. The second-order valence-electron chi connectivity index (χ2n) is 9.12. The van der Waals surface area contributed by atoms with E-state index >= 15 is 0 Å². The van der Waals surface area contributed by atoms with Gasteiger partial charge in [-0.15, -0.1) is 0 Å². The van der Waals surface area contributed by atoms with Gasteiger partial charge < -0.3 is 10.8 Å². The molecule has 4 saturated carbocycles. The van der Waals surface area contributed by atoms with Crippen molar-refractivity contribution >= 4 is 5.91 Å². The zero-order chi connectivity index (χ0) is 19.3. The number of nitrogens with two attached hydrogens (primary N) is 1. The summed E-state index contributed by atoms with van der Waals surface area (Å²) in [6, 6.07) is 13.9. The highest BCUT2D eigenvalue weighted by Gasteiger charge is 2.52. The first-order valence-corrected chi connectivity index (χ1v) is 10.3. The van der Waals surface area contributed by atoms with Crippen molar-refractivity contribution in [3.8, 4) is 28.7 Å². The van der Waals surface area contributed by atoms with Gasteiger partial charge in [0, 0.05) is 11.1 Å². The van der Waals surface area contributed by atoms with E-state index in [9.17, 15) is 9.90 Å². The van der Waals surface area contributed by atoms with Crippen molar-refractivity contribution in [3.05, 3.63) is 53.6 Å². The highest BCUT2D eigenvalue weighted by molar-refractivity contribution is 5.92. The number of amides is 1. The van der Waals surface area contributed by atoms with Gasteiger partial charge in [-0.3, -0.25) is 4.79 Å². The Balaban J connectivity index is 1.49. The molecule has 4 aliphatic carbocycles. The number of carbonyl (C=O) groups excluding carboxylic acids is 1. The maximum atomic E-state index is 10.8. The van der Waals surface area contributed by atoms with Crippen LogP contribution < -0.4 is 5.73 Å². The zero-order valence-corrected chi connectivity index (χ0v) is 15.9. The first-order chi connectivity index (χ1) is 13.5. The molecule has 3 heteroatoms. The maximum absolute atomic E-state index is 10.8. The van der Waals surface area contributed by atoms with Crippen LogP contribution in [0.25, 0.3) is 11.1 Å². The maximum Gasteiger partial charge on any atom is 0.293 e. The molecule has 3 N–H and O–H groups in total. The van der Waals surface area contributed by atoms with Crippen LogP contribution in [0.2, 0.25) is 0 Å². The van der Waals surface area contributed by atoms with Gasteiger partial charge in [0.1, 0.15) is 5.75 Å². The number of phenolic OH excluding ortho intramolecular Hbond substituents is 1. The van der Waals surface area contributed by atoms with Crippen molar-refractivity contribution < 1.29 is 9.90 Å². The SMILES string of the molecule is NC(=O)C#Cc1ccc(-c2ccc(O)c(C34CC5CC(CC(C5)C3)C4)c2)cc1. The van der Waals surface area contributed by atoms with Crippen LogP contribution in [0.15, 0.2) is 42.5 Å². The lowest BCUT2D eigenvalue weighted by Crippen LogP contribution is -2.48. The van der Waals surface area contributed by atoms with Crippen LogP contribution in [0.5, 0.6) is 5.75 Å². The molecule has 2 aromatic carbocycles. The number of hydrogen-bond acceptors (Lipinski definition) is 2. The molecule has 142 valence electrons. The van der Waals surface area contributed by atoms with E-state index in [4.69, 9.17) is 5.73 Å². The average molecular weight is 371 g/mol. The number of carbonyl (C=O) groups is 1. The third kappa shape index (κ3) is 2.98. The highest BCUT2D eigenvalue weighted by Crippen LogP contribution is 2.62. The standard InChI is InChI=1S/C25H25NO2/c26-24(28)8-3-16-1-4-20(5-2-16)21-6-7-23(27)22(12-21)25-13-17-9-18(14-25)11-19(10-17)15-25/h1-2,4-7,12,17-19,27H,9-11,13-15H2,(H2,26,28). The van der Waals surface area contributed by atoms with E-state index in [1.807, 2.05) is 36.4 Å². The fourth-order valence-corrected chi connectivity index (χ4v) is 6.46. The van der Waals surface area contributed by atoms with Gasteiger partial charge in [-0.05, 0) is 103 Å². The molecule has 0 heterocycles. The van der Waals surface area contributed by atoms with Crippen molar-refractivity contribution in [2.24, 2.45) is 23.5 Å². The second kappa shape index (κ2) is 6.41. The normalized spacial score (nSPS) is 29.9. The van der Waals surface area contributed by atoms with E-state index in [0.717, 1.165) is 40.0 Å². The Morgan fingerprint density at radius 1 is 0.929 bits per heavy atom. The van der Waals surface area contributed by atoms with Crippen molar-refractivity contribution in [2.75, 3.05) is 0 Å². The minimum Gasteiger partial charge on any atom is -0.508 e. The van der Waals surface area contributed by atoms with Crippen molar-refractivity contribution in [1.82, 2.24) is 0 Å². The fourth-order valence-electron chi connectivity index (χ4n) is 6.46. The van der Waals surface area contributed by atoms with E-state index < -0.39 is 5.91 Å². The predicted octanol–water partition coefficient (Wildman–Crippen LogP) is 4.36. The van der Waals surface area contributed by atoms with E-state index in [0.29, 0.717) is 5.75 Å². The molecule has 0 atom stereocenters. The first-order valence-electron chi connectivity index (χ1n) is 10.3. The zero-order valence-electron chi connectivity index (χ0n) is 15.9. The van der Waals surface area contributed by atoms with Gasteiger partial charge in [-0.2, -0.15) is 0 Å². The number of phenols is 1. The van der Waals surface area contributed by atoms with E-state index in [-0.39, 0.29) is 5.41 Å². The summed E-state index contributed by atoms with van der Waals surface area (Å²) < 4.78 is 0. The van der Waals surface area contributed by atoms with Crippen LogP contribution in [0.1, 0.15) is 49.7 Å². The molecule has 0 saturated heterocycles. The van der Waals surface area contributed by atoms with Gasteiger partial charge in [0.2, 0.25) is 0 Å².